The number of hydrogen-bond donors (Lipinski definition) is 2. The molecule has 0 saturated carbocycles. The highest BCUT2D eigenvalue weighted by molar-refractivity contribution is 9.10. The molecule has 0 bridgehead atoms. The second-order valence-corrected chi connectivity index (χ2v) is 6.22. The number of aromatic hydroxyl groups is 1. The molecule has 3 aromatic rings. The number of furan rings is 1. The summed E-state index contributed by atoms with van der Waals surface area (Å²) in [5.41, 5.74) is 0.978. The van der Waals surface area contributed by atoms with Crippen molar-refractivity contribution in [1.82, 2.24) is 4.98 Å². The maximum atomic E-state index is 11.1. The summed E-state index contributed by atoms with van der Waals surface area (Å²) < 4.78 is 6.75. The first-order chi connectivity index (χ1) is 9.61. The molecular weight excluding hydrogens is 342 g/mol. The standard InChI is InChI=1S/C14H10BrNO3S/c15-9-3-1-8(2-4-9)11-6-5-10(19-11)7-12-13(17)16-14(18)20-12/h1-6,17H,7H2,(H,16,18). The van der Waals surface area contributed by atoms with Crippen LogP contribution in [0.1, 0.15) is 10.6 Å². The van der Waals surface area contributed by atoms with Crippen LogP contribution < -0.4 is 4.87 Å². The number of rotatable bonds is 3. The zero-order chi connectivity index (χ0) is 14.1. The van der Waals surface area contributed by atoms with Gasteiger partial charge >= 0.3 is 4.87 Å². The largest absolute Gasteiger partial charge is 0.494 e. The van der Waals surface area contributed by atoms with Crippen molar-refractivity contribution >= 4 is 27.3 Å². The van der Waals surface area contributed by atoms with E-state index in [0.29, 0.717) is 17.1 Å². The molecule has 0 aliphatic rings. The van der Waals surface area contributed by atoms with E-state index in [1.165, 1.54) is 0 Å². The molecule has 102 valence electrons. The molecule has 2 aromatic heterocycles. The van der Waals surface area contributed by atoms with E-state index in [1.54, 1.807) is 0 Å². The van der Waals surface area contributed by atoms with Gasteiger partial charge in [-0.1, -0.05) is 39.4 Å². The molecule has 0 aliphatic heterocycles. The van der Waals surface area contributed by atoms with Gasteiger partial charge in [0, 0.05) is 16.5 Å². The number of aromatic nitrogens is 1. The summed E-state index contributed by atoms with van der Waals surface area (Å²) in [5, 5.41) is 9.56. The molecule has 2 N–H and O–H groups in total. The molecule has 20 heavy (non-hydrogen) atoms. The highest BCUT2D eigenvalue weighted by atomic mass is 79.9. The minimum Gasteiger partial charge on any atom is -0.494 e. The maximum absolute atomic E-state index is 11.1. The van der Waals surface area contributed by atoms with Gasteiger partial charge in [-0.25, -0.2) is 0 Å². The Hall–Kier alpha value is -1.79. The summed E-state index contributed by atoms with van der Waals surface area (Å²) in [5.74, 6) is 1.38. The fourth-order valence-corrected chi connectivity index (χ4v) is 2.87. The summed E-state index contributed by atoms with van der Waals surface area (Å²) in [4.78, 5) is 13.8. The van der Waals surface area contributed by atoms with Crippen LogP contribution in [0.3, 0.4) is 0 Å². The lowest BCUT2D eigenvalue weighted by molar-refractivity contribution is 0.448. The quantitative estimate of drug-likeness (QED) is 0.754. The number of halogens is 1. The lowest BCUT2D eigenvalue weighted by Gasteiger charge is -1.98. The van der Waals surface area contributed by atoms with Gasteiger partial charge in [-0.05, 0) is 24.3 Å². The molecule has 0 amide bonds. The van der Waals surface area contributed by atoms with Crippen molar-refractivity contribution < 1.29 is 9.52 Å². The Morgan fingerprint density at radius 3 is 2.60 bits per heavy atom. The van der Waals surface area contributed by atoms with Crippen molar-refractivity contribution in [3.05, 3.63) is 61.2 Å². The minimum absolute atomic E-state index is 0.0819. The molecule has 6 heteroatoms. The van der Waals surface area contributed by atoms with Crippen molar-refractivity contribution in [1.29, 1.82) is 0 Å². The predicted octanol–water partition coefficient (Wildman–Crippen LogP) is 3.76. The van der Waals surface area contributed by atoms with Gasteiger partial charge in [-0.3, -0.25) is 9.78 Å². The van der Waals surface area contributed by atoms with Gasteiger partial charge < -0.3 is 9.52 Å². The minimum atomic E-state index is -0.266. The van der Waals surface area contributed by atoms with E-state index in [2.05, 4.69) is 20.9 Å². The zero-order valence-corrected chi connectivity index (χ0v) is 12.6. The van der Waals surface area contributed by atoms with Crippen molar-refractivity contribution in [2.45, 2.75) is 6.42 Å². The number of benzene rings is 1. The van der Waals surface area contributed by atoms with E-state index in [0.717, 1.165) is 27.1 Å². The lowest BCUT2D eigenvalue weighted by Crippen LogP contribution is -1.89. The van der Waals surface area contributed by atoms with Gasteiger partial charge in [0.1, 0.15) is 11.5 Å². The average molecular weight is 352 g/mol. The molecule has 4 nitrogen and oxygen atoms in total. The van der Waals surface area contributed by atoms with Crippen LogP contribution in [0.15, 0.2) is 50.1 Å². The molecule has 3 rings (SSSR count). The Bertz CT molecular complexity index is 785. The molecule has 0 fully saturated rings. The van der Waals surface area contributed by atoms with Gasteiger partial charge in [0.25, 0.3) is 0 Å². The zero-order valence-electron chi connectivity index (χ0n) is 10.2. The van der Waals surface area contributed by atoms with E-state index >= 15 is 0 Å². The number of aromatic amines is 1. The fourth-order valence-electron chi connectivity index (χ4n) is 1.87. The van der Waals surface area contributed by atoms with Crippen LogP contribution in [0.2, 0.25) is 0 Å². The van der Waals surface area contributed by atoms with E-state index in [4.69, 9.17) is 4.42 Å². The molecule has 0 atom stereocenters. The third kappa shape index (κ3) is 2.71. The van der Waals surface area contributed by atoms with Crippen LogP contribution in [-0.4, -0.2) is 10.1 Å². The van der Waals surface area contributed by atoms with Gasteiger partial charge in [0.15, 0.2) is 0 Å². The molecule has 0 saturated heterocycles. The maximum Gasteiger partial charge on any atom is 0.307 e. The predicted molar refractivity (Wildman–Crippen MR) is 81.3 cm³/mol. The van der Waals surface area contributed by atoms with Gasteiger partial charge in [-0.2, -0.15) is 0 Å². The molecule has 0 radical (unpaired) electrons. The number of hydrogen-bond acceptors (Lipinski definition) is 4. The van der Waals surface area contributed by atoms with Crippen molar-refractivity contribution in [2.75, 3.05) is 0 Å². The Balaban J connectivity index is 1.85. The molecule has 0 aliphatic carbocycles. The summed E-state index contributed by atoms with van der Waals surface area (Å²) in [6, 6.07) is 11.5. The number of nitrogens with one attached hydrogen (secondary N) is 1. The molecule has 2 heterocycles. The molecule has 0 spiro atoms. The second kappa shape index (κ2) is 5.30. The summed E-state index contributed by atoms with van der Waals surface area (Å²) >= 11 is 4.38. The van der Waals surface area contributed by atoms with E-state index < -0.39 is 0 Å². The monoisotopic (exact) mass is 351 g/mol. The van der Waals surface area contributed by atoms with Crippen molar-refractivity contribution in [2.24, 2.45) is 0 Å². The first-order valence-electron chi connectivity index (χ1n) is 5.87. The number of thiazole rings is 1. The van der Waals surface area contributed by atoms with Crippen LogP contribution >= 0.6 is 27.3 Å². The highest BCUT2D eigenvalue weighted by Gasteiger charge is 2.11. The van der Waals surface area contributed by atoms with Crippen LogP contribution in [0.4, 0.5) is 0 Å². The van der Waals surface area contributed by atoms with Gasteiger partial charge in [-0.15, -0.1) is 0 Å². The lowest BCUT2D eigenvalue weighted by atomic mass is 10.2. The molecule has 1 aromatic carbocycles. The van der Waals surface area contributed by atoms with Crippen LogP contribution in [0.5, 0.6) is 5.88 Å². The Labute approximate surface area is 126 Å². The summed E-state index contributed by atoms with van der Waals surface area (Å²) in [6.07, 6.45) is 0.395. The fraction of sp³-hybridized carbons (Fsp3) is 0.0714. The Morgan fingerprint density at radius 2 is 1.95 bits per heavy atom. The third-order valence-electron chi connectivity index (χ3n) is 2.83. The summed E-state index contributed by atoms with van der Waals surface area (Å²) in [7, 11) is 0. The topological polar surface area (TPSA) is 66.2 Å². The Morgan fingerprint density at radius 1 is 1.20 bits per heavy atom. The van der Waals surface area contributed by atoms with Crippen molar-refractivity contribution in [3.63, 3.8) is 0 Å². The molecule has 0 unspecified atom stereocenters. The van der Waals surface area contributed by atoms with Crippen LogP contribution in [0.25, 0.3) is 11.3 Å². The van der Waals surface area contributed by atoms with Crippen molar-refractivity contribution in [3.8, 4) is 17.2 Å². The SMILES string of the molecule is O=c1[nH]c(O)c(Cc2ccc(-c3ccc(Br)cc3)o2)s1. The molecular formula is C14H10BrNO3S. The van der Waals surface area contributed by atoms with Crippen LogP contribution in [0, 0.1) is 0 Å². The second-order valence-electron chi connectivity index (χ2n) is 4.24. The van der Waals surface area contributed by atoms with E-state index in [9.17, 15) is 9.90 Å². The van der Waals surface area contributed by atoms with Gasteiger partial charge in [0.05, 0.1) is 4.88 Å². The van der Waals surface area contributed by atoms with Crippen LogP contribution in [-0.2, 0) is 6.42 Å². The first kappa shape index (κ1) is 13.2. The normalized spacial score (nSPS) is 10.8. The third-order valence-corrected chi connectivity index (χ3v) is 4.23. The highest BCUT2D eigenvalue weighted by Crippen LogP contribution is 2.27. The van der Waals surface area contributed by atoms with E-state index in [-0.39, 0.29) is 10.8 Å². The smallest absolute Gasteiger partial charge is 0.307 e. The van der Waals surface area contributed by atoms with E-state index in [1.807, 2.05) is 36.4 Å². The Kier molecular flexibility index (Phi) is 3.50. The summed E-state index contributed by atoms with van der Waals surface area (Å²) in [6.45, 7) is 0. The first-order valence-corrected chi connectivity index (χ1v) is 7.48. The average Bonchev–Trinajstić information content (AvgIpc) is 2.98. The van der Waals surface area contributed by atoms with Gasteiger partial charge in [0.2, 0.25) is 5.88 Å². The number of H-pyrrole nitrogens is 1.